The number of amides is 1. The van der Waals surface area contributed by atoms with E-state index in [0.717, 1.165) is 11.1 Å². The van der Waals surface area contributed by atoms with E-state index in [1.165, 1.54) is 16.7 Å². The molecule has 0 bridgehead atoms. The maximum absolute atomic E-state index is 12.7. The summed E-state index contributed by atoms with van der Waals surface area (Å²) in [6.07, 6.45) is 1.75. The van der Waals surface area contributed by atoms with Gasteiger partial charge in [-0.2, -0.15) is 0 Å². The zero-order valence-corrected chi connectivity index (χ0v) is 19.9. The van der Waals surface area contributed by atoms with E-state index in [1.54, 1.807) is 43.5 Å². The molecule has 0 aliphatic carbocycles. The van der Waals surface area contributed by atoms with Crippen LogP contribution in [0.4, 0.5) is 0 Å². The Balaban J connectivity index is 1.82. The zero-order chi connectivity index (χ0) is 22.8. The van der Waals surface area contributed by atoms with Gasteiger partial charge in [0, 0.05) is 7.05 Å². The molecule has 0 unspecified atom stereocenters. The van der Waals surface area contributed by atoms with E-state index >= 15 is 0 Å². The third kappa shape index (κ3) is 5.35. The van der Waals surface area contributed by atoms with Crippen LogP contribution in [-0.4, -0.2) is 34.8 Å². The van der Waals surface area contributed by atoms with Crippen LogP contribution in [0.25, 0.3) is 6.08 Å². The second-order valence-corrected chi connectivity index (χ2v) is 9.77. The Morgan fingerprint density at radius 2 is 1.81 bits per heavy atom. The van der Waals surface area contributed by atoms with Crippen molar-refractivity contribution in [1.82, 2.24) is 4.90 Å². The molecule has 0 aromatic heterocycles. The molecule has 1 aliphatic heterocycles. The van der Waals surface area contributed by atoms with Crippen LogP contribution >= 0.6 is 24.0 Å². The van der Waals surface area contributed by atoms with Crippen molar-refractivity contribution in [2.45, 2.75) is 33.1 Å². The normalized spacial score (nSPS) is 15.5. The van der Waals surface area contributed by atoms with Gasteiger partial charge in [-0.25, -0.2) is 4.79 Å². The van der Waals surface area contributed by atoms with Crippen LogP contribution in [0, 0.1) is 0 Å². The molecule has 0 atom stereocenters. The van der Waals surface area contributed by atoms with Crippen molar-refractivity contribution in [3.05, 3.63) is 64.1 Å². The second-order valence-electron chi connectivity index (χ2n) is 8.10. The van der Waals surface area contributed by atoms with Crippen LogP contribution < -0.4 is 9.47 Å². The summed E-state index contributed by atoms with van der Waals surface area (Å²) in [5.74, 6) is 0.165. The molecule has 1 aliphatic rings. The van der Waals surface area contributed by atoms with Gasteiger partial charge in [-0.05, 0) is 53.8 Å². The highest BCUT2D eigenvalue weighted by Gasteiger charge is 2.28. The predicted molar refractivity (Wildman–Crippen MR) is 129 cm³/mol. The second kappa shape index (κ2) is 9.24. The van der Waals surface area contributed by atoms with Crippen LogP contribution in [-0.2, 0) is 10.2 Å². The third-order valence-corrected chi connectivity index (χ3v) is 6.23. The van der Waals surface area contributed by atoms with Gasteiger partial charge in [-0.1, -0.05) is 63.0 Å². The lowest BCUT2D eigenvalue weighted by molar-refractivity contribution is -0.121. The Kier molecular flexibility index (Phi) is 6.86. The van der Waals surface area contributed by atoms with E-state index in [4.69, 9.17) is 21.7 Å². The molecule has 0 radical (unpaired) electrons. The van der Waals surface area contributed by atoms with Crippen LogP contribution in [0.3, 0.4) is 0 Å². The van der Waals surface area contributed by atoms with Crippen molar-refractivity contribution in [2.24, 2.45) is 0 Å². The number of hydrogen-bond donors (Lipinski definition) is 0. The maximum Gasteiger partial charge on any atom is 0.343 e. The molecule has 2 aromatic carbocycles. The van der Waals surface area contributed by atoms with Crippen molar-refractivity contribution in [3.63, 3.8) is 0 Å². The molecule has 1 fully saturated rings. The van der Waals surface area contributed by atoms with Gasteiger partial charge in [0.15, 0.2) is 11.5 Å². The van der Waals surface area contributed by atoms with Crippen molar-refractivity contribution in [2.75, 3.05) is 13.7 Å². The van der Waals surface area contributed by atoms with Crippen molar-refractivity contribution >= 4 is 46.3 Å². The van der Waals surface area contributed by atoms with E-state index < -0.39 is 5.97 Å². The minimum absolute atomic E-state index is 0.00639. The summed E-state index contributed by atoms with van der Waals surface area (Å²) in [7, 11) is 1.65. The highest BCUT2D eigenvalue weighted by molar-refractivity contribution is 8.26. The van der Waals surface area contributed by atoms with E-state index in [-0.39, 0.29) is 11.3 Å². The molecule has 1 amide bonds. The van der Waals surface area contributed by atoms with Gasteiger partial charge in [0.1, 0.15) is 4.32 Å². The number of carbonyl (C=O) groups is 2. The van der Waals surface area contributed by atoms with Crippen LogP contribution in [0.1, 0.15) is 49.2 Å². The minimum atomic E-state index is -0.457. The number of hydrogen-bond acceptors (Lipinski definition) is 6. The number of nitrogens with zero attached hydrogens (tertiary/aromatic N) is 1. The van der Waals surface area contributed by atoms with Gasteiger partial charge in [0.2, 0.25) is 0 Å². The highest BCUT2D eigenvalue weighted by Crippen LogP contribution is 2.34. The molecule has 162 valence electrons. The fraction of sp³-hybridized carbons (Fsp3) is 0.292. The number of ether oxygens (including phenoxy) is 2. The molecular weight excluding hydrogens is 430 g/mol. The standard InChI is InChI=1S/C24H25NO4S2/c1-6-28-19-13-15(14-20-21(26)25(5)23(30)31-20)7-12-18(19)29-22(27)16-8-10-17(11-9-16)24(2,3)4/h7-14H,6H2,1-5H3. The molecule has 0 spiro atoms. The lowest BCUT2D eigenvalue weighted by atomic mass is 9.87. The molecule has 31 heavy (non-hydrogen) atoms. The smallest absolute Gasteiger partial charge is 0.343 e. The number of likely N-dealkylation sites (N-methyl/N-ethyl adjacent to an activating group) is 1. The molecule has 7 heteroatoms. The monoisotopic (exact) mass is 455 g/mol. The lowest BCUT2D eigenvalue weighted by Crippen LogP contribution is -2.22. The number of benzene rings is 2. The SMILES string of the molecule is CCOc1cc(C=C2SC(=S)N(C)C2=O)ccc1OC(=O)c1ccc(C(C)(C)C)cc1. The van der Waals surface area contributed by atoms with Crippen LogP contribution in [0.15, 0.2) is 47.4 Å². The Morgan fingerprint density at radius 3 is 2.35 bits per heavy atom. The molecule has 5 nitrogen and oxygen atoms in total. The average Bonchev–Trinajstić information content (AvgIpc) is 2.96. The molecular formula is C24H25NO4S2. The average molecular weight is 456 g/mol. The van der Waals surface area contributed by atoms with E-state index in [2.05, 4.69) is 20.8 Å². The first kappa shape index (κ1) is 23.0. The fourth-order valence-electron chi connectivity index (χ4n) is 2.93. The Morgan fingerprint density at radius 1 is 1.13 bits per heavy atom. The molecule has 0 N–H and O–H groups in total. The summed E-state index contributed by atoms with van der Waals surface area (Å²) in [5, 5.41) is 0. The van der Waals surface area contributed by atoms with E-state index in [9.17, 15) is 9.59 Å². The number of thiocarbonyl (C=S) groups is 1. The predicted octanol–water partition coefficient (Wildman–Crippen LogP) is 5.43. The molecule has 1 saturated heterocycles. The topological polar surface area (TPSA) is 55.8 Å². The van der Waals surface area contributed by atoms with Crippen LogP contribution in [0.2, 0.25) is 0 Å². The van der Waals surface area contributed by atoms with Gasteiger partial charge < -0.3 is 9.47 Å². The summed E-state index contributed by atoms with van der Waals surface area (Å²) in [6.45, 7) is 8.62. The van der Waals surface area contributed by atoms with Gasteiger partial charge in [-0.3, -0.25) is 9.69 Å². The van der Waals surface area contributed by atoms with Gasteiger partial charge in [0.25, 0.3) is 5.91 Å². The Bertz CT molecular complexity index is 1050. The quantitative estimate of drug-likeness (QED) is 0.259. The fourth-order valence-corrected chi connectivity index (χ4v) is 4.11. The Hall–Kier alpha value is -2.64. The largest absolute Gasteiger partial charge is 0.490 e. The summed E-state index contributed by atoms with van der Waals surface area (Å²) in [4.78, 5) is 26.9. The summed E-state index contributed by atoms with van der Waals surface area (Å²) in [6, 6.07) is 12.6. The van der Waals surface area contributed by atoms with Gasteiger partial charge >= 0.3 is 5.97 Å². The van der Waals surface area contributed by atoms with Crippen molar-refractivity contribution in [3.8, 4) is 11.5 Å². The first-order valence-corrected chi connectivity index (χ1v) is 11.1. The Labute approximate surface area is 192 Å². The minimum Gasteiger partial charge on any atom is -0.490 e. The highest BCUT2D eigenvalue weighted by atomic mass is 32.2. The first-order valence-electron chi connectivity index (χ1n) is 9.91. The maximum atomic E-state index is 12.7. The number of rotatable bonds is 5. The summed E-state index contributed by atoms with van der Waals surface area (Å²) >= 11 is 6.42. The third-order valence-electron chi connectivity index (χ3n) is 4.74. The number of carbonyl (C=O) groups excluding carboxylic acids is 2. The lowest BCUT2D eigenvalue weighted by Gasteiger charge is -2.19. The molecule has 3 rings (SSSR count). The number of esters is 1. The first-order chi connectivity index (χ1) is 14.6. The summed E-state index contributed by atoms with van der Waals surface area (Å²) < 4.78 is 11.8. The van der Waals surface area contributed by atoms with Gasteiger partial charge in [0.05, 0.1) is 17.1 Å². The molecule has 2 aromatic rings. The number of thioether (sulfide) groups is 1. The molecule has 0 saturated carbocycles. The summed E-state index contributed by atoms with van der Waals surface area (Å²) in [5.41, 5.74) is 2.37. The van der Waals surface area contributed by atoms with Crippen molar-refractivity contribution in [1.29, 1.82) is 0 Å². The van der Waals surface area contributed by atoms with E-state index in [1.807, 2.05) is 19.1 Å². The molecule has 1 heterocycles. The van der Waals surface area contributed by atoms with Crippen molar-refractivity contribution < 1.29 is 19.1 Å². The van der Waals surface area contributed by atoms with E-state index in [0.29, 0.717) is 32.9 Å². The zero-order valence-electron chi connectivity index (χ0n) is 18.2. The van der Waals surface area contributed by atoms with Crippen LogP contribution in [0.5, 0.6) is 11.5 Å². The van der Waals surface area contributed by atoms with Gasteiger partial charge in [-0.15, -0.1) is 0 Å².